The number of amides is 1. The third kappa shape index (κ3) is 7.28. The zero-order valence-electron chi connectivity index (χ0n) is 8.12. The number of carbonyl (C=O) groups excluding carboxylic acids is 1. The number of nitrogens with one attached hydrogen (secondary N) is 1. The van der Waals surface area contributed by atoms with E-state index in [0.717, 1.165) is 6.26 Å². The van der Waals surface area contributed by atoms with Gasteiger partial charge in [-0.1, -0.05) is 15.9 Å². The maximum absolute atomic E-state index is 11.1. The molecule has 1 N–H and O–H groups in total. The van der Waals surface area contributed by atoms with E-state index in [1.165, 1.54) is 7.11 Å². The van der Waals surface area contributed by atoms with Gasteiger partial charge in [-0.2, -0.15) is 0 Å². The highest BCUT2D eigenvalue weighted by Crippen LogP contribution is 1.92. The van der Waals surface area contributed by atoms with E-state index in [1.807, 2.05) is 0 Å². The lowest BCUT2D eigenvalue weighted by Gasteiger charge is -2.14. The molecule has 0 saturated carbocycles. The van der Waals surface area contributed by atoms with Crippen molar-refractivity contribution in [1.29, 1.82) is 0 Å². The first-order chi connectivity index (χ1) is 6.39. The molecular weight excluding hydrogens is 274 g/mol. The van der Waals surface area contributed by atoms with E-state index in [1.54, 1.807) is 0 Å². The lowest BCUT2D eigenvalue weighted by atomic mass is 10.3. The molecule has 0 aromatic heterocycles. The first-order valence-corrected chi connectivity index (χ1v) is 7.09. The average Bonchev–Trinajstić information content (AvgIpc) is 2.00. The van der Waals surface area contributed by atoms with Crippen LogP contribution in [0.25, 0.3) is 0 Å². The molecule has 1 atom stereocenters. The number of rotatable bonds is 6. The summed E-state index contributed by atoms with van der Waals surface area (Å²) < 4.78 is 26.4. The molecule has 0 fully saturated rings. The summed E-state index contributed by atoms with van der Waals surface area (Å²) in [5.74, 6) is -0.991. The van der Waals surface area contributed by atoms with Gasteiger partial charge >= 0.3 is 0 Å². The van der Waals surface area contributed by atoms with Crippen LogP contribution in [0.3, 0.4) is 0 Å². The maximum Gasteiger partial charge on any atom is 0.235 e. The molecule has 0 aliphatic heterocycles. The number of methoxy groups -OCH3 is 1. The number of hydrogen-bond donors (Lipinski definition) is 1. The van der Waals surface area contributed by atoms with Crippen LogP contribution in [-0.4, -0.2) is 51.4 Å². The zero-order valence-corrected chi connectivity index (χ0v) is 10.5. The molecule has 84 valence electrons. The van der Waals surface area contributed by atoms with Crippen molar-refractivity contribution in [2.45, 2.75) is 6.04 Å². The molecule has 0 aliphatic carbocycles. The summed E-state index contributed by atoms with van der Waals surface area (Å²) in [5, 5.41) is 3.06. The Morgan fingerprint density at radius 2 is 2.14 bits per heavy atom. The van der Waals surface area contributed by atoms with Crippen LogP contribution in [-0.2, 0) is 19.4 Å². The highest BCUT2D eigenvalue weighted by Gasteiger charge is 2.14. The Morgan fingerprint density at radius 3 is 2.50 bits per heavy atom. The summed E-state index contributed by atoms with van der Waals surface area (Å²) in [5.41, 5.74) is 0. The van der Waals surface area contributed by atoms with Crippen molar-refractivity contribution in [3.8, 4) is 0 Å². The van der Waals surface area contributed by atoms with E-state index in [0.29, 0.717) is 11.9 Å². The number of hydrogen-bond acceptors (Lipinski definition) is 4. The molecule has 1 unspecified atom stereocenters. The molecule has 0 bridgehead atoms. The predicted molar refractivity (Wildman–Crippen MR) is 57.3 cm³/mol. The van der Waals surface area contributed by atoms with Crippen LogP contribution in [0.1, 0.15) is 0 Å². The Labute approximate surface area is 92.2 Å². The van der Waals surface area contributed by atoms with E-state index in [2.05, 4.69) is 21.2 Å². The van der Waals surface area contributed by atoms with Crippen LogP contribution in [0.2, 0.25) is 0 Å². The number of carbonyl (C=O) groups is 1. The van der Waals surface area contributed by atoms with Gasteiger partial charge in [0.05, 0.1) is 12.6 Å². The van der Waals surface area contributed by atoms with Crippen molar-refractivity contribution >= 4 is 31.7 Å². The van der Waals surface area contributed by atoms with Crippen molar-refractivity contribution in [2.75, 3.05) is 31.1 Å². The van der Waals surface area contributed by atoms with Crippen molar-refractivity contribution in [3.63, 3.8) is 0 Å². The summed E-state index contributed by atoms with van der Waals surface area (Å²) in [4.78, 5) is 11.1. The SMILES string of the molecule is COCC(CBr)NC(=O)CS(C)(=O)=O. The van der Waals surface area contributed by atoms with Gasteiger partial charge < -0.3 is 10.1 Å². The minimum Gasteiger partial charge on any atom is -0.383 e. The highest BCUT2D eigenvalue weighted by atomic mass is 79.9. The summed E-state index contributed by atoms with van der Waals surface area (Å²) in [7, 11) is -1.75. The Balaban J connectivity index is 4.03. The molecule has 14 heavy (non-hydrogen) atoms. The molecular formula is C7H14BrNO4S. The topological polar surface area (TPSA) is 72.5 Å². The van der Waals surface area contributed by atoms with Crippen molar-refractivity contribution < 1.29 is 17.9 Å². The smallest absolute Gasteiger partial charge is 0.235 e. The monoisotopic (exact) mass is 287 g/mol. The van der Waals surface area contributed by atoms with Crippen LogP contribution >= 0.6 is 15.9 Å². The fourth-order valence-electron chi connectivity index (χ4n) is 0.833. The molecule has 7 heteroatoms. The summed E-state index contributed by atoms with van der Waals surface area (Å²) in [6, 6.07) is -0.200. The first-order valence-electron chi connectivity index (χ1n) is 3.91. The second-order valence-electron chi connectivity index (χ2n) is 2.94. The summed E-state index contributed by atoms with van der Waals surface area (Å²) >= 11 is 3.18. The van der Waals surface area contributed by atoms with E-state index in [9.17, 15) is 13.2 Å². The normalized spacial score (nSPS) is 13.6. The lowest BCUT2D eigenvalue weighted by molar-refractivity contribution is -0.119. The molecule has 0 radical (unpaired) electrons. The first kappa shape index (κ1) is 13.9. The van der Waals surface area contributed by atoms with Crippen LogP contribution in [0.5, 0.6) is 0 Å². The van der Waals surface area contributed by atoms with Crippen LogP contribution in [0.4, 0.5) is 0 Å². The van der Waals surface area contributed by atoms with Gasteiger partial charge in [-0.15, -0.1) is 0 Å². The number of halogens is 1. The van der Waals surface area contributed by atoms with E-state index < -0.39 is 21.5 Å². The average molecular weight is 288 g/mol. The van der Waals surface area contributed by atoms with Gasteiger partial charge in [0.25, 0.3) is 0 Å². The zero-order chi connectivity index (χ0) is 11.2. The fourth-order valence-corrected chi connectivity index (χ4v) is 1.74. The Hall–Kier alpha value is -0.140. The predicted octanol–water partition coefficient (Wildman–Crippen LogP) is -0.443. The second-order valence-corrected chi connectivity index (χ2v) is 5.73. The van der Waals surface area contributed by atoms with Gasteiger partial charge in [0, 0.05) is 18.7 Å². The number of sulfone groups is 1. The standard InChI is InChI=1S/C7H14BrNO4S/c1-13-4-6(3-8)9-7(10)5-14(2,11)12/h6H,3-5H2,1-2H3,(H,9,10). The summed E-state index contributed by atoms with van der Waals surface area (Å²) in [6.45, 7) is 0.348. The Morgan fingerprint density at radius 1 is 1.57 bits per heavy atom. The second kappa shape index (κ2) is 6.36. The van der Waals surface area contributed by atoms with E-state index in [-0.39, 0.29) is 6.04 Å². The quantitative estimate of drug-likeness (QED) is 0.672. The maximum atomic E-state index is 11.1. The highest BCUT2D eigenvalue weighted by molar-refractivity contribution is 9.09. The van der Waals surface area contributed by atoms with Crippen LogP contribution in [0.15, 0.2) is 0 Å². The van der Waals surface area contributed by atoms with Gasteiger partial charge in [0.15, 0.2) is 9.84 Å². The van der Waals surface area contributed by atoms with Gasteiger partial charge in [0.1, 0.15) is 5.75 Å². The summed E-state index contributed by atoms with van der Waals surface area (Å²) in [6.07, 6.45) is 1.02. The number of alkyl halides is 1. The molecule has 0 aliphatic rings. The van der Waals surface area contributed by atoms with Crippen LogP contribution in [0, 0.1) is 0 Å². The minimum absolute atomic E-state index is 0.200. The van der Waals surface area contributed by atoms with Crippen LogP contribution < -0.4 is 5.32 Å². The van der Waals surface area contributed by atoms with Gasteiger partial charge in [-0.05, 0) is 0 Å². The third-order valence-corrected chi connectivity index (χ3v) is 2.88. The molecule has 0 spiro atoms. The third-order valence-electron chi connectivity index (χ3n) is 1.31. The molecule has 0 saturated heterocycles. The molecule has 0 aromatic rings. The molecule has 0 heterocycles. The molecule has 0 aromatic carbocycles. The molecule has 1 amide bonds. The lowest BCUT2D eigenvalue weighted by Crippen LogP contribution is -2.41. The Bertz CT molecular complexity index is 277. The molecule has 0 rings (SSSR count). The van der Waals surface area contributed by atoms with E-state index in [4.69, 9.17) is 4.74 Å². The molecule has 5 nitrogen and oxygen atoms in total. The largest absolute Gasteiger partial charge is 0.383 e. The van der Waals surface area contributed by atoms with Crippen molar-refractivity contribution in [3.05, 3.63) is 0 Å². The van der Waals surface area contributed by atoms with Crippen molar-refractivity contribution in [2.24, 2.45) is 0 Å². The van der Waals surface area contributed by atoms with Gasteiger partial charge in [-0.25, -0.2) is 8.42 Å². The Kier molecular flexibility index (Phi) is 6.30. The fraction of sp³-hybridized carbons (Fsp3) is 0.857. The minimum atomic E-state index is -3.26. The van der Waals surface area contributed by atoms with Gasteiger partial charge in [-0.3, -0.25) is 4.79 Å². The number of ether oxygens (including phenoxy) is 1. The van der Waals surface area contributed by atoms with Gasteiger partial charge in [0.2, 0.25) is 5.91 Å². The van der Waals surface area contributed by atoms with E-state index >= 15 is 0 Å². The van der Waals surface area contributed by atoms with Crippen molar-refractivity contribution in [1.82, 2.24) is 5.32 Å².